The van der Waals surface area contributed by atoms with Gasteiger partial charge in [0, 0.05) is 10.6 Å². The quantitative estimate of drug-likeness (QED) is 0.534. The Kier molecular flexibility index (Phi) is 4.58. The Morgan fingerprint density at radius 1 is 1.04 bits per heavy atom. The molecule has 1 saturated heterocycles. The third-order valence-corrected chi connectivity index (χ3v) is 4.37. The van der Waals surface area contributed by atoms with E-state index in [0.29, 0.717) is 22.3 Å². The first kappa shape index (κ1) is 17.8. The molecule has 0 radical (unpaired) electrons. The van der Waals surface area contributed by atoms with Crippen molar-refractivity contribution >= 4 is 35.5 Å². The number of urea groups is 1. The van der Waals surface area contributed by atoms with Crippen molar-refractivity contribution in [1.82, 2.24) is 10.2 Å². The molecule has 0 unspecified atom stereocenters. The molecule has 1 fully saturated rings. The summed E-state index contributed by atoms with van der Waals surface area (Å²) in [6.07, 6.45) is 2.74. The zero-order valence-electron chi connectivity index (χ0n) is 14.3. The predicted octanol–water partition coefficient (Wildman–Crippen LogP) is 3.86. The molecule has 140 valence electrons. The van der Waals surface area contributed by atoms with Crippen LogP contribution in [0.1, 0.15) is 11.5 Å². The van der Waals surface area contributed by atoms with Gasteiger partial charge in [-0.3, -0.25) is 19.8 Å². The molecule has 1 aromatic carbocycles. The first-order chi connectivity index (χ1) is 13.5. The predicted molar refractivity (Wildman–Crippen MR) is 99.9 cm³/mol. The standard InChI is InChI=1S/C20H13ClN2O5/c21-13-5-3-12(4-6-13)17-8-7-14(28-17)10-16-18(24)22-20(26)23(19(16)25)11-15-2-1-9-27-15/h1-10H,11H2,(H,22,24,26). The lowest BCUT2D eigenvalue weighted by Crippen LogP contribution is -2.53. The molecule has 4 amide bonds. The minimum atomic E-state index is -0.801. The SMILES string of the molecule is O=C1NC(=O)N(Cc2ccco2)C(=O)C1=Cc1ccc(-c2ccc(Cl)cc2)o1. The minimum Gasteiger partial charge on any atom is -0.467 e. The summed E-state index contributed by atoms with van der Waals surface area (Å²) in [4.78, 5) is 37.7. The van der Waals surface area contributed by atoms with E-state index in [1.807, 2.05) is 0 Å². The summed E-state index contributed by atoms with van der Waals surface area (Å²) in [6, 6.07) is 12.9. The van der Waals surface area contributed by atoms with Gasteiger partial charge < -0.3 is 8.83 Å². The van der Waals surface area contributed by atoms with Crippen molar-refractivity contribution < 1.29 is 23.2 Å². The highest BCUT2D eigenvalue weighted by molar-refractivity contribution is 6.31. The average molecular weight is 397 g/mol. The second-order valence-corrected chi connectivity index (χ2v) is 6.43. The number of imide groups is 2. The number of nitrogens with one attached hydrogen (secondary N) is 1. The van der Waals surface area contributed by atoms with Gasteiger partial charge in [0.25, 0.3) is 11.8 Å². The Bertz CT molecular complexity index is 1080. The molecule has 0 bridgehead atoms. The van der Waals surface area contributed by atoms with Crippen LogP contribution in [0, 0.1) is 0 Å². The maximum absolute atomic E-state index is 12.7. The third kappa shape index (κ3) is 3.47. The van der Waals surface area contributed by atoms with Crippen LogP contribution in [-0.2, 0) is 16.1 Å². The Hall–Kier alpha value is -3.58. The molecule has 3 aromatic rings. The number of carbonyl (C=O) groups is 3. The van der Waals surface area contributed by atoms with Gasteiger partial charge in [-0.2, -0.15) is 0 Å². The van der Waals surface area contributed by atoms with Gasteiger partial charge in [0.15, 0.2) is 0 Å². The lowest BCUT2D eigenvalue weighted by molar-refractivity contribution is -0.130. The largest absolute Gasteiger partial charge is 0.467 e. The van der Waals surface area contributed by atoms with E-state index in [2.05, 4.69) is 5.32 Å². The first-order valence-electron chi connectivity index (χ1n) is 8.28. The molecule has 7 nitrogen and oxygen atoms in total. The summed E-state index contributed by atoms with van der Waals surface area (Å²) in [5, 5.41) is 2.75. The average Bonchev–Trinajstić information content (AvgIpc) is 3.35. The maximum atomic E-state index is 12.7. The van der Waals surface area contributed by atoms with Gasteiger partial charge in [0.1, 0.15) is 22.9 Å². The number of nitrogens with zero attached hydrogens (tertiary/aromatic N) is 1. The number of amides is 4. The van der Waals surface area contributed by atoms with Crippen molar-refractivity contribution in [3.05, 3.63) is 76.9 Å². The van der Waals surface area contributed by atoms with Crippen molar-refractivity contribution in [1.29, 1.82) is 0 Å². The molecule has 0 atom stereocenters. The second kappa shape index (κ2) is 7.21. The molecule has 0 aliphatic carbocycles. The Labute approximate surface area is 164 Å². The zero-order valence-corrected chi connectivity index (χ0v) is 15.1. The van der Waals surface area contributed by atoms with Gasteiger partial charge >= 0.3 is 6.03 Å². The van der Waals surface area contributed by atoms with Crippen LogP contribution < -0.4 is 5.32 Å². The smallest absolute Gasteiger partial charge is 0.331 e. The first-order valence-corrected chi connectivity index (χ1v) is 8.66. The lowest BCUT2D eigenvalue weighted by atomic mass is 10.1. The summed E-state index contributed by atoms with van der Waals surface area (Å²) in [5.74, 6) is -0.239. The van der Waals surface area contributed by atoms with E-state index >= 15 is 0 Å². The third-order valence-electron chi connectivity index (χ3n) is 4.12. The molecule has 1 aliphatic rings. The van der Waals surface area contributed by atoms with E-state index in [1.165, 1.54) is 12.3 Å². The van der Waals surface area contributed by atoms with Crippen LogP contribution in [0.2, 0.25) is 5.02 Å². The molecule has 2 aromatic heterocycles. The van der Waals surface area contributed by atoms with Crippen molar-refractivity contribution in [2.45, 2.75) is 6.54 Å². The number of halogens is 1. The van der Waals surface area contributed by atoms with Crippen LogP contribution >= 0.6 is 11.6 Å². The van der Waals surface area contributed by atoms with Gasteiger partial charge in [0.2, 0.25) is 0 Å². The molecular formula is C20H13ClN2O5. The number of benzene rings is 1. The van der Waals surface area contributed by atoms with E-state index < -0.39 is 17.8 Å². The van der Waals surface area contributed by atoms with Gasteiger partial charge in [-0.25, -0.2) is 4.79 Å². The molecule has 1 N–H and O–H groups in total. The number of barbiturate groups is 1. The topological polar surface area (TPSA) is 92.8 Å². The molecule has 4 rings (SSSR count). The van der Waals surface area contributed by atoms with Crippen LogP contribution in [0.3, 0.4) is 0 Å². The highest BCUT2D eigenvalue weighted by Crippen LogP contribution is 2.25. The highest BCUT2D eigenvalue weighted by Gasteiger charge is 2.36. The summed E-state index contributed by atoms with van der Waals surface area (Å²) in [7, 11) is 0. The molecule has 1 aliphatic heterocycles. The van der Waals surface area contributed by atoms with E-state index in [9.17, 15) is 14.4 Å². The fraction of sp³-hybridized carbons (Fsp3) is 0.0500. The Morgan fingerprint density at radius 3 is 2.54 bits per heavy atom. The van der Waals surface area contributed by atoms with Crippen molar-refractivity contribution in [2.75, 3.05) is 0 Å². The molecule has 8 heteroatoms. The van der Waals surface area contributed by atoms with Crippen molar-refractivity contribution in [2.24, 2.45) is 0 Å². The normalized spacial score (nSPS) is 16.0. The highest BCUT2D eigenvalue weighted by atomic mass is 35.5. The van der Waals surface area contributed by atoms with Crippen LogP contribution in [0.4, 0.5) is 4.79 Å². The van der Waals surface area contributed by atoms with Crippen LogP contribution in [0.5, 0.6) is 0 Å². The number of hydrogen-bond acceptors (Lipinski definition) is 5. The van der Waals surface area contributed by atoms with Crippen LogP contribution in [-0.4, -0.2) is 22.7 Å². The molecule has 0 saturated carbocycles. The van der Waals surface area contributed by atoms with E-state index in [-0.39, 0.29) is 12.1 Å². The number of furan rings is 2. The van der Waals surface area contributed by atoms with E-state index in [0.717, 1.165) is 10.5 Å². The summed E-state index contributed by atoms with van der Waals surface area (Å²) < 4.78 is 10.9. The second-order valence-electron chi connectivity index (χ2n) is 6.00. The molecular weight excluding hydrogens is 384 g/mol. The zero-order chi connectivity index (χ0) is 19.7. The van der Waals surface area contributed by atoms with Crippen molar-refractivity contribution in [3.63, 3.8) is 0 Å². The Balaban J connectivity index is 1.61. The summed E-state index contributed by atoms with van der Waals surface area (Å²) >= 11 is 5.88. The molecule has 3 heterocycles. The fourth-order valence-electron chi connectivity index (χ4n) is 2.74. The van der Waals surface area contributed by atoms with Gasteiger partial charge in [-0.15, -0.1) is 0 Å². The minimum absolute atomic E-state index is 0.0868. The molecule has 28 heavy (non-hydrogen) atoms. The number of rotatable bonds is 4. The van der Waals surface area contributed by atoms with E-state index in [4.69, 9.17) is 20.4 Å². The van der Waals surface area contributed by atoms with Crippen LogP contribution in [0.25, 0.3) is 17.4 Å². The van der Waals surface area contributed by atoms with E-state index in [1.54, 1.807) is 48.5 Å². The van der Waals surface area contributed by atoms with Crippen LogP contribution in [0.15, 0.2) is 69.2 Å². The summed E-state index contributed by atoms with van der Waals surface area (Å²) in [6.45, 7) is -0.0868. The van der Waals surface area contributed by atoms with Gasteiger partial charge in [-0.1, -0.05) is 11.6 Å². The summed E-state index contributed by atoms with van der Waals surface area (Å²) in [5.41, 5.74) is 0.589. The fourth-order valence-corrected chi connectivity index (χ4v) is 2.86. The lowest BCUT2D eigenvalue weighted by Gasteiger charge is -2.25. The van der Waals surface area contributed by atoms with Crippen molar-refractivity contribution in [3.8, 4) is 11.3 Å². The monoisotopic (exact) mass is 396 g/mol. The number of carbonyl (C=O) groups excluding carboxylic acids is 3. The number of hydrogen-bond donors (Lipinski definition) is 1. The van der Waals surface area contributed by atoms with Gasteiger partial charge in [-0.05, 0) is 54.6 Å². The molecule has 0 spiro atoms. The van der Waals surface area contributed by atoms with Gasteiger partial charge in [0.05, 0.1) is 12.8 Å². The Morgan fingerprint density at radius 2 is 1.82 bits per heavy atom. The maximum Gasteiger partial charge on any atom is 0.331 e.